The average molecular weight is 1330 g/mol. The molecule has 4 bridgehead atoms. The summed E-state index contributed by atoms with van der Waals surface area (Å²) < 4.78 is 149. The number of alkyl halides is 6. The summed E-state index contributed by atoms with van der Waals surface area (Å²) in [5, 5.41) is 17.5. The number of hydrogen-bond acceptors (Lipinski definition) is 18. The van der Waals surface area contributed by atoms with E-state index in [2.05, 4.69) is 73.5 Å². The molecule has 2 saturated carbocycles. The van der Waals surface area contributed by atoms with Gasteiger partial charge in [0.15, 0.2) is 21.7 Å². The summed E-state index contributed by atoms with van der Waals surface area (Å²) in [6.45, 7) is 11.5. The molecule has 6 aromatic rings. The van der Waals surface area contributed by atoms with Crippen LogP contribution in [0, 0.1) is 22.7 Å². The van der Waals surface area contributed by atoms with Crippen molar-refractivity contribution in [2.75, 3.05) is 54.9 Å². The van der Waals surface area contributed by atoms with Crippen LogP contribution in [-0.2, 0) is 20.0 Å². The first kappa shape index (κ1) is 66.6. The van der Waals surface area contributed by atoms with E-state index in [1.54, 1.807) is 36.5 Å². The van der Waals surface area contributed by atoms with E-state index in [4.69, 9.17) is 26.1 Å². The van der Waals surface area contributed by atoms with Crippen LogP contribution in [0.5, 0.6) is 11.8 Å². The molecule has 4 fully saturated rings. The van der Waals surface area contributed by atoms with Crippen LogP contribution in [0.15, 0.2) is 95.2 Å². The molecule has 2 atom stereocenters. The van der Waals surface area contributed by atoms with Gasteiger partial charge in [-0.3, -0.25) is 9.59 Å². The number of halogens is 7. The molecule has 6 aromatic heterocycles. The maximum atomic E-state index is 13.6. The smallest absolute Gasteiger partial charge is 0.394 e. The third-order valence-corrected chi connectivity index (χ3v) is 20.1. The second-order valence-corrected chi connectivity index (χ2v) is 28.9. The molecule has 91 heavy (non-hydrogen) atoms. The minimum atomic E-state index is -4.33. The van der Waals surface area contributed by atoms with Crippen LogP contribution >= 0.6 is 11.6 Å². The number of ether oxygens (including phenoxy) is 2. The summed E-state index contributed by atoms with van der Waals surface area (Å²) >= 11 is 6.24. The summed E-state index contributed by atoms with van der Waals surface area (Å²) in [5.41, 5.74) is -3.47. The molecule has 11 rings (SSSR count). The number of carbonyl (C=O) groups excluding carboxylic acids is 2. The van der Waals surface area contributed by atoms with Gasteiger partial charge in [0.2, 0.25) is 11.8 Å². The molecule has 0 spiro atoms. The number of hydrogen-bond donors (Lipinski definition) is 5. The number of fused-ring (bicyclic) bond motifs is 6. The van der Waals surface area contributed by atoms with E-state index in [-0.39, 0.29) is 120 Å². The minimum Gasteiger partial charge on any atom is -0.477 e. The fraction of sp³-hybridized carbons (Fsp3) is 0.533. The number of anilines is 3. The van der Waals surface area contributed by atoms with Crippen LogP contribution in [0.1, 0.15) is 138 Å². The Morgan fingerprint density at radius 3 is 2.01 bits per heavy atom. The first-order valence-electron chi connectivity index (χ1n) is 30.2. The minimum absolute atomic E-state index is 0.00340. The van der Waals surface area contributed by atoms with Gasteiger partial charge in [-0.1, -0.05) is 23.7 Å². The molecule has 0 radical (unpaired) electrons. The number of pyridine rings is 4. The zero-order valence-corrected chi connectivity index (χ0v) is 53.0. The molecule has 22 nitrogen and oxygen atoms in total. The fourth-order valence-corrected chi connectivity index (χ4v) is 14.1. The summed E-state index contributed by atoms with van der Waals surface area (Å²) in [6.07, 6.45) is 1.52. The Labute approximate surface area is 528 Å². The molecule has 492 valence electrons. The normalized spacial score (nSPS) is 20.3. The van der Waals surface area contributed by atoms with Crippen molar-refractivity contribution in [3.8, 4) is 23.4 Å². The fourth-order valence-electron chi connectivity index (χ4n) is 12.0. The van der Waals surface area contributed by atoms with Gasteiger partial charge in [0, 0.05) is 55.2 Å². The number of amides is 2. The SMILES string of the molecule is CC1(C)C[C@@H]2CCCNc3cccc(n3)S(=O)(=O)NC(=O)c3ccc(-n4ccc(OCCCC5(C(F)(F)F)CC5)n4)nc3N1C2.CC1(C)C[C@H](CCCNc2cccc(S(=O)(=O)NC(=O)c3ccc(-n4ccc(OCCCC5(C(F)(F)F)CC5)n4)nc3Cl)n2)CN1. The number of sulfonamides is 2. The number of nitrogens with one attached hydrogen (secondary N) is 5. The third-order valence-electron chi connectivity index (χ3n) is 17.3. The lowest BCUT2D eigenvalue weighted by molar-refractivity contribution is -0.190. The van der Waals surface area contributed by atoms with Gasteiger partial charge < -0.3 is 30.3 Å². The highest BCUT2D eigenvalue weighted by molar-refractivity contribution is 7.90. The lowest BCUT2D eigenvalue weighted by Gasteiger charge is -2.34. The van der Waals surface area contributed by atoms with E-state index in [1.807, 2.05) is 9.62 Å². The van der Waals surface area contributed by atoms with E-state index < -0.39 is 55.0 Å². The van der Waals surface area contributed by atoms with Crippen LogP contribution in [0.3, 0.4) is 0 Å². The molecule has 3 aliphatic heterocycles. The van der Waals surface area contributed by atoms with Gasteiger partial charge in [-0.25, -0.2) is 38.7 Å². The van der Waals surface area contributed by atoms with Crippen molar-refractivity contribution in [3.05, 3.63) is 101 Å². The first-order chi connectivity index (χ1) is 42.9. The molecular weight excluding hydrogens is 1260 g/mol. The Morgan fingerprint density at radius 2 is 1.41 bits per heavy atom. The van der Waals surface area contributed by atoms with E-state index in [9.17, 15) is 52.8 Å². The number of nitrogens with zero attached hydrogens (tertiary/aromatic N) is 9. The lowest BCUT2D eigenvalue weighted by Crippen LogP contribution is -2.41. The van der Waals surface area contributed by atoms with Gasteiger partial charge >= 0.3 is 12.4 Å². The second kappa shape index (κ2) is 26.4. The molecule has 0 aromatic carbocycles. The maximum absolute atomic E-state index is 13.6. The van der Waals surface area contributed by atoms with Gasteiger partial charge in [-0.15, -0.1) is 10.2 Å². The topological polar surface area (TPSA) is 271 Å². The number of aromatic nitrogens is 8. The highest BCUT2D eigenvalue weighted by atomic mass is 35.5. The molecule has 2 aliphatic carbocycles. The van der Waals surface area contributed by atoms with Crippen LogP contribution in [0.4, 0.5) is 43.8 Å². The van der Waals surface area contributed by atoms with Gasteiger partial charge in [0.1, 0.15) is 22.6 Å². The molecular formula is C60H73ClF6N14O8S2. The second-order valence-electron chi connectivity index (χ2n) is 25.3. The first-order valence-corrected chi connectivity index (χ1v) is 33.5. The Hall–Kier alpha value is -7.31. The highest BCUT2D eigenvalue weighted by Gasteiger charge is 2.63. The Balaban J connectivity index is 0.000000200. The zero-order chi connectivity index (χ0) is 65.2. The molecule has 9 heterocycles. The largest absolute Gasteiger partial charge is 0.477 e. The van der Waals surface area contributed by atoms with Crippen molar-refractivity contribution in [1.82, 2.24) is 54.3 Å². The summed E-state index contributed by atoms with van der Waals surface area (Å²) in [4.78, 5) is 45.8. The molecule has 31 heteroatoms. The van der Waals surface area contributed by atoms with E-state index in [0.717, 1.165) is 45.1 Å². The molecule has 5 N–H and O–H groups in total. The predicted octanol–water partition coefficient (Wildman–Crippen LogP) is 10.6. The quantitative estimate of drug-likeness (QED) is 0.0270. The molecule has 2 saturated heterocycles. The standard InChI is InChI=1S/C30H37ClF3N7O4S.C30H36F3N7O4S/c1-28(2)18-20(19-36-28)6-4-15-35-22-7-3-8-25(37-22)46(43,44)40-27(42)21-9-10-23(38-26(21)31)41-16-11-24(39-41)45-17-5-12-29(13-14-29)30(32,33)34;1-28(2)18-20-6-4-15-34-22-7-3-8-25(35-22)45(42,43)38-27(41)21-9-10-23(36-26(21)39(28)19-20)40-16-11-24(37-40)44-17-5-12-29(13-14-29)30(31,32)33/h3,7-11,16,20,36H,4-6,12-15,17-19H2,1-2H3,(H,35,37)(H,40,42);3,7-11,16,20H,4-6,12-15,17-19H2,1-2H3,(H,34,35)(H,38,41)/t2*20-/m00/s1. The summed E-state index contributed by atoms with van der Waals surface area (Å²) in [5.74, 6) is 1.18. The van der Waals surface area contributed by atoms with Crippen molar-refractivity contribution in [2.45, 2.75) is 151 Å². The van der Waals surface area contributed by atoms with Crippen molar-refractivity contribution in [1.29, 1.82) is 0 Å². The lowest BCUT2D eigenvalue weighted by atomic mass is 9.93. The van der Waals surface area contributed by atoms with Gasteiger partial charge in [-0.05, 0) is 184 Å². The molecule has 5 aliphatic rings. The van der Waals surface area contributed by atoms with Crippen molar-refractivity contribution in [3.63, 3.8) is 0 Å². The van der Waals surface area contributed by atoms with Crippen molar-refractivity contribution >= 4 is 60.9 Å². The van der Waals surface area contributed by atoms with Crippen molar-refractivity contribution in [2.24, 2.45) is 22.7 Å². The van der Waals surface area contributed by atoms with E-state index in [1.165, 1.54) is 58.0 Å². The summed E-state index contributed by atoms with van der Waals surface area (Å²) in [7, 11) is -8.62. The average Bonchev–Trinajstić information content (AvgIpc) is 1.71. The summed E-state index contributed by atoms with van der Waals surface area (Å²) in [6, 6.07) is 18.0. The third kappa shape index (κ3) is 16.1. The van der Waals surface area contributed by atoms with Gasteiger partial charge in [0.25, 0.3) is 31.9 Å². The van der Waals surface area contributed by atoms with Gasteiger partial charge in [0.05, 0.1) is 35.2 Å². The number of carbonyl (C=O) groups is 2. The van der Waals surface area contributed by atoms with Crippen LogP contribution in [0.25, 0.3) is 11.6 Å². The van der Waals surface area contributed by atoms with Gasteiger partial charge in [-0.2, -0.15) is 43.2 Å². The van der Waals surface area contributed by atoms with E-state index in [0.29, 0.717) is 54.7 Å². The Morgan fingerprint density at radius 1 is 0.780 bits per heavy atom. The molecule has 0 unspecified atom stereocenters. The Bertz CT molecular complexity index is 3840. The highest BCUT2D eigenvalue weighted by Crippen LogP contribution is 2.61. The monoisotopic (exact) mass is 1330 g/mol. The van der Waals surface area contributed by atoms with Crippen LogP contribution in [0.2, 0.25) is 5.15 Å². The molecule has 2 amide bonds. The number of rotatable bonds is 20. The maximum Gasteiger partial charge on any atom is 0.394 e. The van der Waals surface area contributed by atoms with Crippen molar-refractivity contribution < 1.29 is 62.2 Å². The zero-order valence-electron chi connectivity index (χ0n) is 50.6. The van der Waals surface area contributed by atoms with Crippen LogP contribution in [-0.4, -0.2) is 131 Å². The van der Waals surface area contributed by atoms with E-state index >= 15 is 0 Å². The Kier molecular flexibility index (Phi) is 19.3. The predicted molar refractivity (Wildman–Crippen MR) is 326 cm³/mol. The van der Waals surface area contributed by atoms with Crippen LogP contribution < -0.4 is 39.8 Å².